The van der Waals surface area contributed by atoms with Crippen LogP contribution in [0.15, 0.2) is 75.7 Å². The van der Waals surface area contributed by atoms with Crippen LogP contribution in [-0.4, -0.2) is 23.8 Å². The summed E-state index contributed by atoms with van der Waals surface area (Å²) in [5.74, 6) is -0.487. The minimum Gasteiger partial charge on any atom is -0.463 e. The summed E-state index contributed by atoms with van der Waals surface area (Å²) < 4.78 is 36.3. The second-order valence-corrected chi connectivity index (χ2v) is 8.17. The molecule has 1 aromatic heterocycles. The van der Waals surface area contributed by atoms with Crippen molar-refractivity contribution in [3.05, 3.63) is 96.7 Å². The van der Waals surface area contributed by atoms with Crippen LogP contribution in [0.25, 0.3) is 6.08 Å². The maximum absolute atomic E-state index is 13.4. The molecule has 0 aliphatic carbocycles. The number of halogens is 2. The maximum Gasteiger partial charge on any atom is 0.387 e. The van der Waals surface area contributed by atoms with E-state index in [2.05, 4.69) is 9.73 Å². The van der Waals surface area contributed by atoms with Gasteiger partial charge in [0.05, 0.1) is 28.5 Å². The molecule has 0 saturated heterocycles. The van der Waals surface area contributed by atoms with Crippen LogP contribution >= 0.6 is 11.3 Å². The molecule has 0 bridgehead atoms. The van der Waals surface area contributed by atoms with E-state index >= 15 is 0 Å². The Bertz CT molecular complexity index is 1380. The minimum absolute atomic E-state index is 0.0300. The first-order valence-corrected chi connectivity index (χ1v) is 11.0. The van der Waals surface area contributed by atoms with Crippen molar-refractivity contribution in [2.75, 3.05) is 6.61 Å². The minimum atomic E-state index is -2.91. The predicted octanol–water partition coefficient (Wildman–Crippen LogP) is 3.40. The zero-order valence-electron chi connectivity index (χ0n) is 17.8. The van der Waals surface area contributed by atoms with Gasteiger partial charge in [-0.3, -0.25) is 9.36 Å². The van der Waals surface area contributed by atoms with Crippen LogP contribution in [0.5, 0.6) is 5.75 Å². The Hall–Kier alpha value is -3.59. The quantitative estimate of drug-likeness (QED) is 0.518. The topological polar surface area (TPSA) is 69.9 Å². The average molecular weight is 470 g/mol. The molecular weight excluding hydrogens is 450 g/mol. The summed E-state index contributed by atoms with van der Waals surface area (Å²) >= 11 is 1.19. The van der Waals surface area contributed by atoms with E-state index in [4.69, 9.17) is 4.74 Å². The maximum atomic E-state index is 13.4. The molecule has 0 radical (unpaired) electrons. The fraction of sp³-hybridized carbons (Fsp3) is 0.208. The van der Waals surface area contributed by atoms with Gasteiger partial charge in [-0.1, -0.05) is 53.8 Å². The normalized spacial score (nSPS) is 15.9. The summed E-state index contributed by atoms with van der Waals surface area (Å²) in [6.45, 7) is 0.737. The first-order chi connectivity index (χ1) is 15.9. The number of rotatable bonds is 6. The van der Waals surface area contributed by atoms with Crippen molar-refractivity contribution in [3.63, 3.8) is 0 Å². The van der Waals surface area contributed by atoms with Crippen molar-refractivity contribution in [2.24, 2.45) is 4.99 Å². The number of esters is 1. The van der Waals surface area contributed by atoms with Gasteiger partial charge in [0.25, 0.3) is 5.56 Å². The van der Waals surface area contributed by atoms with Crippen LogP contribution < -0.4 is 19.6 Å². The first-order valence-electron chi connectivity index (χ1n) is 10.2. The molecule has 0 unspecified atom stereocenters. The number of alkyl halides is 2. The Morgan fingerprint density at radius 2 is 1.88 bits per heavy atom. The van der Waals surface area contributed by atoms with Gasteiger partial charge >= 0.3 is 12.6 Å². The number of allylic oxidation sites excluding steroid dienone is 1. The summed E-state index contributed by atoms with van der Waals surface area (Å²) in [5.41, 5.74) is 1.89. The molecule has 9 heteroatoms. The largest absolute Gasteiger partial charge is 0.463 e. The molecular formula is C24H20F2N2O4S. The molecule has 6 nitrogen and oxygen atoms in total. The highest BCUT2D eigenvalue weighted by Crippen LogP contribution is 2.30. The molecule has 0 N–H and O–H groups in total. The smallest absolute Gasteiger partial charge is 0.387 e. The number of fused-ring (bicyclic) bond motifs is 1. The number of hydrogen-bond acceptors (Lipinski definition) is 6. The number of ether oxygens (including phenoxy) is 2. The lowest BCUT2D eigenvalue weighted by Gasteiger charge is -2.24. The molecule has 1 aliphatic rings. The van der Waals surface area contributed by atoms with Gasteiger partial charge in [-0.2, -0.15) is 8.78 Å². The van der Waals surface area contributed by atoms with Gasteiger partial charge in [-0.05, 0) is 43.2 Å². The SMILES string of the molecule is CCOC(=O)C1=C(C)N=c2s/c(=C/c3ccc(OC(F)F)cc3)c(=O)n2[C@@H]1c1ccccc1. The van der Waals surface area contributed by atoms with Gasteiger partial charge in [0.15, 0.2) is 4.80 Å². The van der Waals surface area contributed by atoms with Crippen LogP contribution in [0, 0.1) is 0 Å². The van der Waals surface area contributed by atoms with E-state index in [1.54, 1.807) is 32.1 Å². The molecule has 3 aromatic rings. The molecule has 4 rings (SSSR count). The second-order valence-electron chi connectivity index (χ2n) is 7.16. The third-order valence-corrected chi connectivity index (χ3v) is 6.02. The van der Waals surface area contributed by atoms with Gasteiger partial charge in [-0.15, -0.1) is 0 Å². The van der Waals surface area contributed by atoms with Crippen LogP contribution in [0.2, 0.25) is 0 Å². The fourth-order valence-electron chi connectivity index (χ4n) is 3.64. The molecule has 2 heterocycles. The highest BCUT2D eigenvalue weighted by Gasteiger charge is 2.33. The van der Waals surface area contributed by atoms with E-state index in [9.17, 15) is 18.4 Å². The van der Waals surface area contributed by atoms with Gasteiger partial charge in [0.2, 0.25) is 0 Å². The van der Waals surface area contributed by atoms with Crippen LogP contribution in [0.1, 0.15) is 31.0 Å². The number of benzene rings is 2. The van der Waals surface area contributed by atoms with E-state index in [1.165, 1.54) is 28.0 Å². The third kappa shape index (κ3) is 4.63. The summed E-state index contributed by atoms with van der Waals surface area (Å²) in [6, 6.07) is 14.5. The second kappa shape index (κ2) is 9.50. The standard InChI is InChI=1S/C24H20F2N2O4S/c1-3-31-22(30)19-14(2)27-24-28(20(19)16-7-5-4-6-8-16)21(29)18(33-24)13-15-9-11-17(12-10-15)32-23(25)26/h4-13,20,23H,3H2,1-2H3/b18-13+/t20-/m1/s1. The third-order valence-electron chi connectivity index (χ3n) is 5.04. The molecule has 0 saturated carbocycles. The van der Waals surface area contributed by atoms with Crippen molar-refractivity contribution < 1.29 is 23.0 Å². The Kier molecular flexibility index (Phi) is 6.50. The zero-order valence-corrected chi connectivity index (χ0v) is 18.6. The van der Waals surface area contributed by atoms with Crippen molar-refractivity contribution in [1.29, 1.82) is 0 Å². The van der Waals surface area contributed by atoms with Gasteiger partial charge < -0.3 is 9.47 Å². The molecule has 2 aromatic carbocycles. The van der Waals surface area contributed by atoms with Crippen LogP contribution in [0.4, 0.5) is 8.78 Å². The summed E-state index contributed by atoms with van der Waals surface area (Å²) in [6.07, 6.45) is 1.65. The highest BCUT2D eigenvalue weighted by atomic mass is 32.1. The number of nitrogens with zero attached hydrogens (tertiary/aromatic N) is 2. The van der Waals surface area contributed by atoms with Crippen molar-refractivity contribution in [2.45, 2.75) is 26.5 Å². The van der Waals surface area contributed by atoms with E-state index in [0.29, 0.717) is 26.2 Å². The number of carbonyl (C=O) groups is 1. The molecule has 170 valence electrons. The summed E-state index contributed by atoms with van der Waals surface area (Å²) in [5, 5.41) is 0. The Morgan fingerprint density at radius 3 is 2.52 bits per heavy atom. The fourth-order valence-corrected chi connectivity index (χ4v) is 4.69. The Morgan fingerprint density at radius 1 is 1.18 bits per heavy atom. The Balaban J connectivity index is 1.84. The molecule has 1 aliphatic heterocycles. The highest BCUT2D eigenvalue weighted by molar-refractivity contribution is 7.07. The van der Waals surface area contributed by atoms with Crippen LogP contribution in [-0.2, 0) is 9.53 Å². The number of aromatic nitrogens is 1. The lowest BCUT2D eigenvalue weighted by Crippen LogP contribution is -2.39. The number of hydrogen-bond donors (Lipinski definition) is 0. The van der Waals surface area contributed by atoms with Crippen molar-refractivity contribution in [3.8, 4) is 5.75 Å². The average Bonchev–Trinajstić information content (AvgIpc) is 3.09. The molecule has 1 atom stereocenters. The zero-order chi connectivity index (χ0) is 23.5. The van der Waals surface area contributed by atoms with Crippen molar-refractivity contribution >= 4 is 23.4 Å². The molecule has 0 spiro atoms. The predicted molar refractivity (Wildman–Crippen MR) is 120 cm³/mol. The molecule has 33 heavy (non-hydrogen) atoms. The van der Waals surface area contributed by atoms with E-state index in [1.807, 2.05) is 30.3 Å². The van der Waals surface area contributed by atoms with Gasteiger partial charge in [0, 0.05) is 0 Å². The number of thiazole rings is 1. The summed E-state index contributed by atoms with van der Waals surface area (Å²) in [4.78, 5) is 31.2. The van der Waals surface area contributed by atoms with Gasteiger partial charge in [0.1, 0.15) is 5.75 Å². The van der Waals surface area contributed by atoms with E-state index in [0.717, 1.165) is 5.56 Å². The van der Waals surface area contributed by atoms with E-state index < -0.39 is 18.6 Å². The van der Waals surface area contributed by atoms with E-state index in [-0.39, 0.29) is 17.9 Å². The first kappa shape index (κ1) is 22.6. The number of carbonyl (C=O) groups excluding carboxylic acids is 1. The molecule has 0 fully saturated rings. The monoisotopic (exact) mass is 470 g/mol. The summed E-state index contributed by atoms with van der Waals surface area (Å²) in [7, 11) is 0. The lowest BCUT2D eigenvalue weighted by molar-refractivity contribution is -0.139. The van der Waals surface area contributed by atoms with Crippen LogP contribution in [0.3, 0.4) is 0 Å². The Labute approximate surface area is 191 Å². The van der Waals surface area contributed by atoms with Gasteiger partial charge in [-0.25, -0.2) is 9.79 Å². The molecule has 0 amide bonds. The van der Waals surface area contributed by atoms with Crippen molar-refractivity contribution in [1.82, 2.24) is 4.57 Å². The lowest BCUT2D eigenvalue weighted by atomic mass is 9.96.